The van der Waals surface area contributed by atoms with Crippen LogP contribution < -0.4 is 10.1 Å². The largest absolute Gasteiger partial charge is 0.481 e. The molecule has 0 aliphatic rings. The lowest BCUT2D eigenvalue weighted by atomic mass is 9.99. The van der Waals surface area contributed by atoms with Crippen molar-refractivity contribution in [3.63, 3.8) is 0 Å². The van der Waals surface area contributed by atoms with E-state index in [0.29, 0.717) is 5.56 Å². The summed E-state index contributed by atoms with van der Waals surface area (Å²) in [5, 5.41) is 11.9. The van der Waals surface area contributed by atoms with E-state index in [-0.39, 0.29) is 17.0 Å². The summed E-state index contributed by atoms with van der Waals surface area (Å²) < 4.78 is 10.7. The van der Waals surface area contributed by atoms with Crippen molar-refractivity contribution in [2.45, 2.75) is 39.2 Å². The van der Waals surface area contributed by atoms with Gasteiger partial charge >= 0.3 is 18.0 Å². The number of amides is 1. The molecule has 0 saturated heterocycles. The number of carboxylic acids is 1. The SMILES string of the molecule is C[C@@H](C(=O)O)c1cccc(NC(=O)OC(C)(C)C)c1OC(=O)c1ccccc1. The zero-order valence-corrected chi connectivity index (χ0v) is 16.2. The van der Waals surface area contributed by atoms with Crippen molar-refractivity contribution in [3.05, 3.63) is 59.7 Å². The Kier molecular flexibility index (Phi) is 6.41. The summed E-state index contributed by atoms with van der Waals surface area (Å²) in [5.41, 5.74) is -0.0327. The Hall–Kier alpha value is -3.35. The highest BCUT2D eigenvalue weighted by Gasteiger charge is 2.25. The molecule has 0 heterocycles. The Balaban J connectivity index is 2.41. The lowest BCUT2D eigenvalue weighted by Gasteiger charge is -2.21. The predicted molar refractivity (Wildman–Crippen MR) is 104 cm³/mol. The second-order valence-corrected chi connectivity index (χ2v) is 7.17. The molecule has 2 rings (SSSR count). The van der Waals surface area contributed by atoms with Crippen LogP contribution in [-0.2, 0) is 9.53 Å². The molecule has 0 saturated carbocycles. The topological polar surface area (TPSA) is 102 Å². The van der Waals surface area contributed by atoms with E-state index in [4.69, 9.17) is 9.47 Å². The van der Waals surface area contributed by atoms with Gasteiger partial charge in [-0.25, -0.2) is 9.59 Å². The molecular weight excluding hydrogens is 362 g/mol. The molecule has 1 atom stereocenters. The summed E-state index contributed by atoms with van der Waals surface area (Å²) >= 11 is 0. The molecule has 7 nitrogen and oxygen atoms in total. The van der Waals surface area contributed by atoms with Gasteiger partial charge in [-0.2, -0.15) is 0 Å². The van der Waals surface area contributed by atoms with Gasteiger partial charge in [0.1, 0.15) is 5.60 Å². The third-order valence-corrected chi connectivity index (χ3v) is 3.72. The zero-order valence-electron chi connectivity index (χ0n) is 16.2. The van der Waals surface area contributed by atoms with E-state index < -0.39 is 29.6 Å². The standard InChI is InChI=1S/C21H23NO6/c1-13(18(23)24)15-11-8-12-16(22-20(26)28-21(2,3)4)17(15)27-19(25)14-9-6-5-7-10-14/h5-13H,1-4H3,(H,22,26)(H,23,24)/t13-/m1/s1. The molecular formula is C21H23NO6. The number of carbonyl (C=O) groups excluding carboxylic acids is 2. The minimum absolute atomic E-state index is 0.0305. The quantitative estimate of drug-likeness (QED) is 0.583. The fourth-order valence-electron chi connectivity index (χ4n) is 2.38. The van der Waals surface area contributed by atoms with E-state index >= 15 is 0 Å². The number of esters is 1. The van der Waals surface area contributed by atoms with E-state index in [9.17, 15) is 19.5 Å². The summed E-state index contributed by atoms with van der Waals surface area (Å²) in [6.45, 7) is 6.61. The number of carbonyl (C=O) groups is 3. The van der Waals surface area contributed by atoms with Crippen LogP contribution >= 0.6 is 0 Å². The highest BCUT2D eigenvalue weighted by atomic mass is 16.6. The molecule has 0 spiro atoms. The molecule has 2 N–H and O–H groups in total. The van der Waals surface area contributed by atoms with Gasteiger partial charge in [0.05, 0.1) is 17.2 Å². The van der Waals surface area contributed by atoms with Crippen molar-refractivity contribution in [2.75, 3.05) is 5.32 Å². The lowest BCUT2D eigenvalue weighted by molar-refractivity contribution is -0.138. The van der Waals surface area contributed by atoms with Gasteiger partial charge in [-0.3, -0.25) is 10.1 Å². The number of hydrogen-bond acceptors (Lipinski definition) is 5. The van der Waals surface area contributed by atoms with Crippen LogP contribution in [0.15, 0.2) is 48.5 Å². The predicted octanol–water partition coefficient (Wildman–Crippen LogP) is 4.44. The second kappa shape index (κ2) is 8.56. The van der Waals surface area contributed by atoms with Crippen molar-refractivity contribution in [2.24, 2.45) is 0 Å². The average Bonchev–Trinajstić information content (AvgIpc) is 2.61. The van der Waals surface area contributed by atoms with E-state index in [1.807, 2.05) is 0 Å². The molecule has 2 aromatic carbocycles. The van der Waals surface area contributed by atoms with Gasteiger partial charge in [0, 0.05) is 5.56 Å². The molecule has 0 unspecified atom stereocenters. The van der Waals surface area contributed by atoms with E-state index in [0.717, 1.165) is 0 Å². The van der Waals surface area contributed by atoms with Gasteiger partial charge in [-0.05, 0) is 45.9 Å². The Morgan fingerprint density at radius 3 is 2.21 bits per heavy atom. The van der Waals surface area contributed by atoms with Crippen molar-refractivity contribution in [1.82, 2.24) is 0 Å². The Morgan fingerprint density at radius 2 is 1.64 bits per heavy atom. The number of nitrogens with one attached hydrogen (secondary N) is 1. The summed E-state index contributed by atoms with van der Waals surface area (Å²) in [4.78, 5) is 36.1. The van der Waals surface area contributed by atoms with Crippen molar-refractivity contribution < 1.29 is 29.0 Å². The lowest BCUT2D eigenvalue weighted by Crippen LogP contribution is -2.27. The maximum absolute atomic E-state index is 12.5. The first kappa shape index (κ1) is 21.0. The number of aliphatic carboxylic acids is 1. The minimum Gasteiger partial charge on any atom is -0.481 e. The maximum Gasteiger partial charge on any atom is 0.412 e. The van der Waals surface area contributed by atoms with Crippen LogP contribution in [0.1, 0.15) is 49.5 Å². The maximum atomic E-state index is 12.5. The first-order chi connectivity index (χ1) is 13.1. The van der Waals surface area contributed by atoms with Gasteiger partial charge < -0.3 is 14.6 Å². The van der Waals surface area contributed by atoms with Gasteiger partial charge in [-0.15, -0.1) is 0 Å². The number of hydrogen-bond donors (Lipinski definition) is 2. The fraction of sp³-hybridized carbons (Fsp3) is 0.286. The molecule has 0 aromatic heterocycles. The number of para-hydroxylation sites is 1. The van der Waals surface area contributed by atoms with Crippen molar-refractivity contribution in [3.8, 4) is 5.75 Å². The summed E-state index contributed by atoms with van der Waals surface area (Å²) in [7, 11) is 0. The molecule has 148 valence electrons. The molecule has 0 radical (unpaired) electrons. The molecule has 0 aliphatic carbocycles. The fourth-order valence-corrected chi connectivity index (χ4v) is 2.38. The van der Waals surface area contributed by atoms with E-state index in [1.165, 1.54) is 19.1 Å². The smallest absolute Gasteiger partial charge is 0.412 e. The van der Waals surface area contributed by atoms with Crippen LogP contribution in [0.5, 0.6) is 5.75 Å². The van der Waals surface area contributed by atoms with E-state index in [2.05, 4.69) is 5.32 Å². The number of benzene rings is 2. The summed E-state index contributed by atoms with van der Waals surface area (Å²) in [6, 6.07) is 12.9. The van der Waals surface area contributed by atoms with Gasteiger partial charge in [0.2, 0.25) is 0 Å². The highest BCUT2D eigenvalue weighted by Crippen LogP contribution is 2.35. The number of carboxylic acid groups (broad SMARTS) is 1. The first-order valence-electron chi connectivity index (χ1n) is 8.71. The summed E-state index contributed by atoms with van der Waals surface area (Å²) in [6.07, 6.45) is -0.746. The van der Waals surface area contributed by atoms with Crippen LogP contribution in [0, 0.1) is 0 Å². The Bertz CT molecular complexity index is 870. The third kappa shape index (κ3) is 5.57. The van der Waals surface area contributed by atoms with Crippen LogP contribution in [0.3, 0.4) is 0 Å². The van der Waals surface area contributed by atoms with Crippen molar-refractivity contribution in [1.29, 1.82) is 0 Å². The molecule has 1 amide bonds. The van der Waals surface area contributed by atoms with E-state index in [1.54, 1.807) is 57.2 Å². The molecule has 28 heavy (non-hydrogen) atoms. The van der Waals surface area contributed by atoms with Crippen LogP contribution in [-0.4, -0.2) is 28.7 Å². The Morgan fingerprint density at radius 1 is 1.00 bits per heavy atom. The summed E-state index contributed by atoms with van der Waals surface area (Å²) in [5.74, 6) is -2.75. The highest BCUT2D eigenvalue weighted by molar-refractivity contribution is 5.94. The van der Waals surface area contributed by atoms with Gasteiger partial charge in [0.15, 0.2) is 5.75 Å². The molecule has 2 aromatic rings. The number of rotatable bonds is 5. The second-order valence-electron chi connectivity index (χ2n) is 7.17. The van der Waals surface area contributed by atoms with Crippen LogP contribution in [0.4, 0.5) is 10.5 Å². The van der Waals surface area contributed by atoms with Crippen molar-refractivity contribution >= 4 is 23.7 Å². The van der Waals surface area contributed by atoms with Gasteiger partial charge in [-0.1, -0.05) is 30.3 Å². The molecule has 7 heteroatoms. The number of anilines is 1. The zero-order chi connectivity index (χ0) is 20.9. The monoisotopic (exact) mass is 385 g/mol. The third-order valence-electron chi connectivity index (χ3n) is 3.72. The normalized spacial score (nSPS) is 12.0. The average molecular weight is 385 g/mol. The number of ether oxygens (including phenoxy) is 2. The Labute approximate surface area is 163 Å². The first-order valence-corrected chi connectivity index (χ1v) is 8.71. The van der Waals surface area contributed by atoms with Crippen LogP contribution in [0.25, 0.3) is 0 Å². The molecule has 0 bridgehead atoms. The van der Waals surface area contributed by atoms with Gasteiger partial charge in [0.25, 0.3) is 0 Å². The molecule has 0 aliphatic heterocycles. The molecule has 0 fully saturated rings. The minimum atomic E-state index is -1.09. The van der Waals surface area contributed by atoms with Crippen LogP contribution in [0.2, 0.25) is 0 Å².